The van der Waals surface area contributed by atoms with Gasteiger partial charge in [0, 0.05) is 6.04 Å². The zero-order chi connectivity index (χ0) is 6.27. The van der Waals surface area contributed by atoms with Gasteiger partial charge in [0.05, 0.1) is 0 Å². The van der Waals surface area contributed by atoms with Crippen LogP contribution < -0.4 is 5.32 Å². The number of nitrogens with one attached hydrogen (secondary N) is 1. The number of rotatable bonds is 1. The smallest absolute Gasteiger partial charge is 0.117 e. The van der Waals surface area contributed by atoms with Gasteiger partial charge in [-0.05, 0) is 31.7 Å². The van der Waals surface area contributed by atoms with E-state index in [2.05, 4.69) is 5.32 Å². The first-order valence-electron chi connectivity index (χ1n) is 3.75. The van der Waals surface area contributed by atoms with Gasteiger partial charge in [0.15, 0.2) is 0 Å². The third-order valence-electron chi connectivity index (χ3n) is 2.32. The van der Waals surface area contributed by atoms with Crippen LogP contribution in [0.5, 0.6) is 0 Å². The van der Waals surface area contributed by atoms with E-state index in [9.17, 15) is 4.39 Å². The molecule has 9 heavy (non-hydrogen) atoms. The molecule has 52 valence electrons. The summed E-state index contributed by atoms with van der Waals surface area (Å²) in [6.45, 7) is 0.891. The lowest BCUT2D eigenvalue weighted by Gasteiger charge is -2.09. The van der Waals surface area contributed by atoms with Crippen LogP contribution in [0.15, 0.2) is 0 Å². The van der Waals surface area contributed by atoms with Crippen LogP contribution in [-0.2, 0) is 0 Å². The van der Waals surface area contributed by atoms with Crippen LogP contribution >= 0.6 is 0 Å². The molecule has 0 spiro atoms. The summed E-state index contributed by atoms with van der Waals surface area (Å²) >= 11 is 0. The molecule has 0 radical (unpaired) electrons. The lowest BCUT2D eigenvalue weighted by atomic mass is 10.1. The van der Waals surface area contributed by atoms with Crippen LogP contribution in [0.25, 0.3) is 0 Å². The largest absolute Gasteiger partial charge is 0.311 e. The Bertz CT molecular complexity index is 111. The summed E-state index contributed by atoms with van der Waals surface area (Å²) in [5, 5.41) is 3.19. The van der Waals surface area contributed by atoms with E-state index < -0.39 is 6.17 Å². The molecule has 2 rings (SSSR count). The van der Waals surface area contributed by atoms with E-state index in [0.717, 1.165) is 13.0 Å². The zero-order valence-corrected chi connectivity index (χ0v) is 5.44. The highest BCUT2D eigenvalue weighted by molar-refractivity contribution is 4.95. The molecule has 2 unspecified atom stereocenters. The van der Waals surface area contributed by atoms with Crippen LogP contribution in [-0.4, -0.2) is 18.8 Å². The van der Waals surface area contributed by atoms with Crippen LogP contribution in [0.4, 0.5) is 4.39 Å². The molecule has 1 aliphatic carbocycles. The normalized spacial score (nSPS) is 43.7. The number of halogens is 1. The van der Waals surface area contributed by atoms with E-state index in [1.807, 2.05) is 0 Å². The van der Waals surface area contributed by atoms with Crippen molar-refractivity contribution in [3.8, 4) is 0 Å². The van der Waals surface area contributed by atoms with Gasteiger partial charge in [-0.25, -0.2) is 4.39 Å². The van der Waals surface area contributed by atoms with Gasteiger partial charge in [-0.1, -0.05) is 0 Å². The molecule has 2 atom stereocenters. The van der Waals surface area contributed by atoms with Crippen LogP contribution in [0.2, 0.25) is 0 Å². The maximum absolute atomic E-state index is 12.8. The highest BCUT2D eigenvalue weighted by atomic mass is 19.1. The highest BCUT2D eigenvalue weighted by Crippen LogP contribution is 2.37. The van der Waals surface area contributed by atoms with Crippen molar-refractivity contribution in [2.24, 2.45) is 5.92 Å². The van der Waals surface area contributed by atoms with Crippen molar-refractivity contribution in [2.75, 3.05) is 6.54 Å². The van der Waals surface area contributed by atoms with Crippen LogP contribution in [0.1, 0.15) is 19.3 Å². The van der Waals surface area contributed by atoms with E-state index in [-0.39, 0.29) is 6.04 Å². The summed E-state index contributed by atoms with van der Waals surface area (Å²) in [5.74, 6) is 0.683. The molecular weight excluding hydrogens is 117 g/mol. The van der Waals surface area contributed by atoms with E-state index in [1.165, 1.54) is 12.8 Å². The Balaban J connectivity index is 1.93. The van der Waals surface area contributed by atoms with E-state index in [0.29, 0.717) is 5.92 Å². The minimum absolute atomic E-state index is 0.227. The monoisotopic (exact) mass is 129 g/mol. The first kappa shape index (κ1) is 5.66. The molecule has 2 fully saturated rings. The molecule has 0 aromatic rings. The lowest BCUT2D eigenvalue weighted by Crippen LogP contribution is -2.29. The van der Waals surface area contributed by atoms with E-state index in [4.69, 9.17) is 0 Å². The van der Waals surface area contributed by atoms with Crippen molar-refractivity contribution < 1.29 is 4.39 Å². The first-order valence-corrected chi connectivity index (χ1v) is 3.75. The van der Waals surface area contributed by atoms with Crippen molar-refractivity contribution >= 4 is 0 Å². The second-order valence-corrected chi connectivity index (χ2v) is 3.12. The number of hydrogen-bond acceptors (Lipinski definition) is 1. The number of hydrogen-bond donors (Lipinski definition) is 1. The fourth-order valence-electron chi connectivity index (χ4n) is 1.61. The Kier molecular flexibility index (Phi) is 1.22. The molecule has 1 N–H and O–H groups in total. The summed E-state index contributed by atoms with van der Waals surface area (Å²) in [6.07, 6.45) is 2.69. The second-order valence-electron chi connectivity index (χ2n) is 3.12. The predicted octanol–water partition coefficient (Wildman–Crippen LogP) is 1.10. The van der Waals surface area contributed by atoms with Crippen molar-refractivity contribution in [2.45, 2.75) is 31.5 Å². The van der Waals surface area contributed by atoms with Gasteiger partial charge in [-0.2, -0.15) is 0 Å². The summed E-state index contributed by atoms with van der Waals surface area (Å²) in [6, 6.07) is 0.227. The Labute approximate surface area is 54.6 Å². The molecule has 1 saturated carbocycles. The highest BCUT2D eigenvalue weighted by Gasteiger charge is 2.39. The van der Waals surface area contributed by atoms with Crippen LogP contribution in [0.3, 0.4) is 0 Å². The average Bonchev–Trinajstić information content (AvgIpc) is 2.58. The van der Waals surface area contributed by atoms with Crippen molar-refractivity contribution in [3.63, 3.8) is 0 Å². The topological polar surface area (TPSA) is 12.0 Å². The maximum atomic E-state index is 12.8. The van der Waals surface area contributed by atoms with Crippen LogP contribution in [0, 0.1) is 5.92 Å². The van der Waals surface area contributed by atoms with Crippen molar-refractivity contribution in [3.05, 3.63) is 0 Å². The molecular formula is C7H12FN. The third-order valence-corrected chi connectivity index (χ3v) is 2.32. The molecule has 1 saturated heterocycles. The fourth-order valence-corrected chi connectivity index (χ4v) is 1.61. The van der Waals surface area contributed by atoms with Crippen molar-refractivity contribution in [1.29, 1.82) is 0 Å². The van der Waals surface area contributed by atoms with Crippen molar-refractivity contribution in [1.82, 2.24) is 5.32 Å². The third kappa shape index (κ3) is 0.960. The molecule has 0 aromatic carbocycles. The predicted molar refractivity (Wildman–Crippen MR) is 34.0 cm³/mol. The molecule has 0 amide bonds. The SMILES string of the molecule is FC1CCNC1C1CC1. The summed E-state index contributed by atoms with van der Waals surface area (Å²) in [5.41, 5.74) is 0. The molecule has 1 heterocycles. The minimum Gasteiger partial charge on any atom is -0.311 e. The van der Waals surface area contributed by atoms with Gasteiger partial charge in [-0.15, -0.1) is 0 Å². The molecule has 1 nitrogen and oxygen atoms in total. The second kappa shape index (κ2) is 1.94. The van der Waals surface area contributed by atoms with Gasteiger partial charge >= 0.3 is 0 Å². The summed E-state index contributed by atoms with van der Waals surface area (Å²) in [7, 11) is 0. The number of alkyl halides is 1. The maximum Gasteiger partial charge on any atom is 0.117 e. The Morgan fingerprint density at radius 2 is 2.00 bits per heavy atom. The van der Waals surface area contributed by atoms with Gasteiger partial charge in [0.25, 0.3) is 0 Å². The average molecular weight is 129 g/mol. The molecule has 0 aromatic heterocycles. The van der Waals surface area contributed by atoms with E-state index in [1.54, 1.807) is 0 Å². The summed E-state index contributed by atoms with van der Waals surface area (Å²) in [4.78, 5) is 0. The van der Waals surface area contributed by atoms with Gasteiger partial charge in [0.2, 0.25) is 0 Å². The quantitative estimate of drug-likeness (QED) is 0.559. The molecule has 1 aliphatic heterocycles. The van der Waals surface area contributed by atoms with Gasteiger partial charge in [-0.3, -0.25) is 0 Å². The molecule has 2 heteroatoms. The zero-order valence-electron chi connectivity index (χ0n) is 5.44. The first-order chi connectivity index (χ1) is 4.38. The molecule has 2 aliphatic rings. The fraction of sp³-hybridized carbons (Fsp3) is 1.00. The summed E-state index contributed by atoms with van der Waals surface area (Å²) < 4.78 is 12.8. The van der Waals surface area contributed by atoms with Gasteiger partial charge < -0.3 is 5.32 Å². The Morgan fingerprint density at radius 1 is 1.22 bits per heavy atom. The minimum atomic E-state index is -0.544. The Hall–Kier alpha value is -0.110. The van der Waals surface area contributed by atoms with Gasteiger partial charge in [0.1, 0.15) is 6.17 Å². The molecule has 0 bridgehead atoms. The Morgan fingerprint density at radius 3 is 2.44 bits per heavy atom. The standard InChI is InChI=1S/C7H12FN/c8-6-3-4-9-7(6)5-1-2-5/h5-7,9H,1-4H2. The lowest BCUT2D eigenvalue weighted by molar-refractivity contribution is 0.282. The van der Waals surface area contributed by atoms with E-state index >= 15 is 0 Å².